The van der Waals surface area contributed by atoms with E-state index in [4.69, 9.17) is 0 Å². The highest BCUT2D eigenvalue weighted by Crippen LogP contribution is 2.32. The highest BCUT2D eigenvalue weighted by Gasteiger charge is 2.34. The number of rotatable bonds is 1. The summed E-state index contributed by atoms with van der Waals surface area (Å²) in [5.74, 6) is -1.44. The Morgan fingerprint density at radius 3 is 2.40 bits per heavy atom. The highest BCUT2D eigenvalue weighted by molar-refractivity contribution is 5.59. The minimum absolute atomic E-state index is 0.000139. The molecule has 0 atom stereocenters. The predicted octanol–water partition coefficient (Wildman–Crippen LogP) is 3.21. The van der Waals surface area contributed by atoms with Gasteiger partial charge < -0.3 is 4.98 Å². The molecule has 2 aromatic rings. The lowest BCUT2D eigenvalue weighted by Gasteiger charge is -2.09. The zero-order valence-corrected chi connectivity index (χ0v) is 10.6. The van der Waals surface area contributed by atoms with Crippen molar-refractivity contribution in [2.24, 2.45) is 0 Å². The van der Waals surface area contributed by atoms with Crippen molar-refractivity contribution in [1.82, 2.24) is 9.97 Å². The summed E-state index contributed by atoms with van der Waals surface area (Å²) in [5.41, 5.74) is -1.000. The summed E-state index contributed by atoms with van der Waals surface area (Å²) < 4.78 is 50.9. The van der Waals surface area contributed by atoms with E-state index >= 15 is 0 Å². The van der Waals surface area contributed by atoms with E-state index in [0.717, 1.165) is 6.07 Å². The maximum Gasteiger partial charge on any atom is 0.419 e. The first kappa shape index (κ1) is 14.2. The van der Waals surface area contributed by atoms with Gasteiger partial charge in [-0.05, 0) is 26.0 Å². The molecule has 0 aliphatic heterocycles. The Morgan fingerprint density at radius 2 is 1.85 bits per heavy atom. The number of nitrogens with one attached hydrogen (secondary N) is 1. The van der Waals surface area contributed by atoms with Crippen molar-refractivity contribution in [2.45, 2.75) is 20.0 Å². The van der Waals surface area contributed by atoms with Gasteiger partial charge in [-0.3, -0.25) is 4.79 Å². The van der Waals surface area contributed by atoms with Gasteiger partial charge in [0.25, 0.3) is 5.56 Å². The van der Waals surface area contributed by atoms with Crippen molar-refractivity contribution in [1.29, 1.82) is 0 Å². The van der Waals surface area contributed by atoms with Crippen LogP contribution in [0.4, 0.5) is 17.6 Å². The Hall–Kier alpha value is -2.18. The fourth-order valence-corrected chi connectivity index (χ4v) is 1.71. The fraction of sp³-hybridized carbons (Fsp3) is 0.231. The van der Waals surface area contributed by atoms with E-state index in [2.05, 4.69) is 9.97 Å². The van der Waals surface area contributed by atoms with Gasteiger partial charge in [0.2, 0.25) is 0 Å². The van der Waals surface area contributed by atoms with Crippen LogP contribution in [0.15, 0.2) is 23.0 Å². The number of halogens is 4. The quantitative estimate of drug-likeness (QED) is 0.818. The molecule has 0 aliphatic carbocycles. The first-order valence-corrected chi connectivity index (χ1v) is 5.65. The topological polar surface area (TPSA) is 45.8 Å². The van der Waals surface area contributed by atoms with Crippen molar-refractivity contribution in [2.75, 3.05) is 0 Å². The molecule has 1 N–H and O–H groups in total. The molecule has 3 nitrogen and oxygen atoms in total. The van der Waals surface area contributed by atoms with Gasteiger partial charge in [0.15, 0.2) is 0 Å². The molecule has 1 heterocycles. The second-order valence-corrected chi connectivity index (χ2v) is 4.32. The molecule has 0 bridgehead atoms. The van der Waals surface area contributed by atoms with Crippen molar-refractivity contribution < 1.29 is 17.6 Å². The highest BCUT2D eigenvalue weighted by atomic mass is 19.4. The molecule has 0 radical (unpaired) electrons. The van der Waals surface area contributed by atoms with E-state index in [1.165, 1.54) is 0 Å². The van der Waals surface area contributed by atoms with E-state index in [0.29, 0.717) is 23.5 Å². The van der Waals surface area contributed by atoms with Crippen LogP contribution in [0.1, 0.15) is 17.0 Å². The largest absolute Gasteiger partial charge is 0.419 e. The van der Waals surface area contributed by atoms with E-state index in [1.54, 1.807) is 13.8 Å². The molecule has 0 aliphatic rings. The number of hydrogen-bond donors (Lipinski definition) is 1. The molecule has 0 fully saturated rings. The molecular weight excluding hydrogens is 276 g/mol. The number of alkyl halides is 3. The number of hydrogen-bond acceptors (Lipinski definition) is 2. The first-order valence-electron chi connectivity index (χ1n) is 5.65. The lowest BCUT2D eigenvalue weighted by molar-refractivity contribution is -0.139. The molecule has 106 valence electrons. The van der Waals surface area contributed by atoms with Gasteiger partial charge in [-0.25, -0.2) is 9.37 Å². The maximum atomic E-state index is 13.5. The first-order chi connectivity index (χ1) is 9.20. The third kappa shape index (κ3) is 2.56. The molecule has 0 saturated heterocycles. The van der Waals surface area contributed by atoms with Crippen LogP contribution in [0.2, 0.25) is 0 Å². The standard InChI is InChI=1S/C13H10F4N2O/c1-6-7(2)19-12(20)11(18-6)8-3-4-9(10(14)5-8)13(15,16)17/h3-5H,1-2H3,(H,19,20). The molecule has 1 aromatic carbocycles. The number of aryl methyl sites for hydroxylation is 2. The van der Waals surface area contributed by atoms with Crippen LogP contribution in [0.5, 0.6) is 0 Å². The average molecular weight is 286 g/mol. The summed E-state index contributed by atoms with van der Waals surface area (Å²) >= 11 is 0. The molecule has 0 saturated carbocycles. The lowest BCUT2D eigenvalue weighted by Crippen LogP contribution is -2.15. The normalized spacial score (nSPS) is 11.7. The van der Waals surface area contributed by atoms with Gasteiger partial charge >= 0.3 is 6.18 Å². The number of benzene rings is 1. The van der Waals surface area contributed by atoms with E-state index in [9.17, 15) is 22.4 Å². The molecule has 2 rings (SSSR count). The second-order valence-electron chi connectivity index (χ2n) is 4.32. The molecule has 0 amide bonds. The van der Waals surface area contributed by atoms with Gasteiger partial charge in [-0.2, -0.15) is 13.2 Å². The van der Waals surface area contributed by atoms with E-state index in [1.807, 2.05) is 0 Å². The number of aromatic nitrogens is 2. The van der Waals surface area contributed by atoms with Gasteiger partial charge in [0, 0.05) is 11.3 Å². The van der Waals surface area contributed by atoms with Crippen LogP contribution >= 0.6 is 0 Å². The van der Waals surface area contributed by atoms with Crippen LogP contribution < -0.4 is 5.56 Å². The summed E-state index contributed by atoms with van der Waals surface area (Å²) in [6, 6.07) is 2.29. The Morgan fingerprint density at radius 1 is 1.20 bits per heavy atom. The number of nitrogens with zero attached hydrogens (tertiary/aromatic N) is 1. The zero-order valence-electron chi connectivity index (χ0n) is 10.6. The Labute approximate surface area is 111 Å². The molecule has 0 unspecified atom stereocenters. The summed E-state index contributed by atoms with van der Waals surface area (Å²) in [7, 11) is 0. The minimum atomic E-state index is -4.77. The Bertz CT molecular complexity index is 719. The monoisotopic (exact) mass is 286 g/mol. The summed E-state index contributed by atoms with van der Waals surface area (Å²) in [6.07, 6.45) is -4.77. The van der Waals surface area contributed by atoms with Crippen molar-refractivity contribution in [3.63, 3.8) is 0 Å². The van der Waals surface area contributed by atoms with E-state index in [-0.39, 0.29) is 11.3 Å². The van der Waals surface area contributed by atoms with Crippen LogP contribution in [0, 0.1) is 19.7 Å². The molecule has 7 heteroatoms. The van der Waals surface area contributed by atoms with Crippen LogP contribution in [0.3, 0.4) is 0 Å². The van der Waals surface area contributed by atoms with Crippen molar-refractivity contribution in [3.8, 4) is 11.3 Å². The third-order valence-corrected chi connectivity index (χ3v) is 2.89. The Balaban J connectivity index is 2.59. The Kier molecular flexibility index (Phi) is 3.37. The summed E-state index contributed by atoms with van der Waals surface area (Å²) in [6.45, 7) is 3.27. The fourth-order valence-electron chi connectivity index (χ4n) is 1.71. The SMILES string of the molecule is Cc1nc(-c2ccc(C(F)(F)F)c(F)c2)c(=O)[nH]c1C. The van der Waals surface area contributed by atoms with Crippen LogP contribution in [-0.2, 0) is 6.18 Å². The molecule has 0 spiro atoms. The van der Waals surface area contributed by atoms with Crippen molar-refractivity contribution in [3.05, 3.63) is 51.3 Å². The van der Waals surface area contributed by atoms with E-state index < -0.39 is 23.1 Å². The average Bonchev–Trinajstić information content (AvgIpc) is 2.32. The maximum absolute atomic E-state index is 13.5. The molecule has 20 heavy (non-hydrogen) atoms. The summed E-state index contributed by atoms with van der Waals surface area (Å²) in [4.78, 5) is 18.2. The number of aromatic amines is 1. The smallest absolute Gasteiger partial charge is 0.323 e. The van der Waals surface area contributed by atoms with Gasteiger partial charge in [-0.1, -0.05) is 6.07 Å². The van der Waals surface area contributed by atoms with Gasteiger partial charge in [0.1, 0.15) is 11.5 Å². The molecule has 1 aromatic heterocycles. The van der Waals surface area contributed by atoms with Crippen LogP contribution in [-0.4, -0.2) is 9.97 Å². The molecular formula is C13H10F4N2O. The van der Waals surface area contributed by atoms with Gasteiger partial charge in [-0.15, -0.1) is 0 Å². The van der Waals surface area contributed by atoms with Crippen LogP contribution in [0.25, 0.3) is 11.3 Å². The van der Waals surface area contributed by atoms with Gasteiger partial charge in [0.05, 0.1) is 11.3 Å². The third-order valence-electron chi connectivity index (χ3n) is 2.89. The minimum Gasteiger partial charge on any atom is -0.323 e. The lowest BCUT2D eigenvalue weighted by atomic mass is 10.1. The summed E-state index contributed by atoms with van der Waals surface area (Å²) in [5, 5.41) is 0. The zero-order chi connectivity index (χ0) is 15.1. The predicted molar refractivity (Wildman–Crippen MR) is 64.7 cm³/mol. The number of H-pyrrole nitrogens is 1. The second kappa shape index (κ2) is 4.73. The van der Waals surface area contributed by atoms with Crippen molar-refractivity contribution >= 4 is 0 Å².